The number of nitriles is 1. The van der Waals surface area contributed by atoms with Gasteiger partial charge in [-0.2, -0.15) is 15.2 Å². The summed E-state index contributed by atoms with van der Waals surface area (Å²) < 4.78 is 47.4. The van der Waals surface area contributed by atoms with Crippen molar-refractivity contribution in [2.75, 3.05) is 32.2 Å². The number of sulfonamides is 1. The zero-order valence-electron chi connectivity index (χ0n) is 20.2. The van der Waals surface area contributed by atoms with Gasteiger partial charge in [0.2, 0.25) is 27.7 Å². The van der Waals surface area contributed by atoms with Crippen molar-refractivity contribution in [3.63, 3.8) is 0 Å². The fourth-order valence-electron chi connectivity index (χ4n) is 3.89. The Bertz CT molecular complexity index is 1340. The van der Waals surface area contributed by atoms with Gasteiger partial charge in [0.25, 0.3) is 0 Å². The van der Waals surface area contributed by atoms with E-state index in [1.54, 1.807) is 26.0 Å². The lowest BCUT2D eigenvalue weighted by Gasteiger charge is -2.22. The molecule has 0 spiro atoms. The molecule has 1 aliphatic heterocycles. The van der Waals surface area contributed by atoms with Crippen LogP contribution in [-0.2, 0) is 14.8 Å². The van der Waals surface area contributed by atoms with Gasteiger partial charge >= 0.3 is 0 Å². The number of hydrogen-bond acceptors (Lipinski definition) is 11. The average Bonchev–Trinajstić information content (AvgIpc) is 3.57. The highest BCUT2D eigenvalue weighted by Gasteiger charge is 2.34. The summed E-state index contributed by atoms with van der Waals surface area (Å²) in [5.41, 5.74) is 1.20. The Balaban J connectivity index is 1.75. The summed E-state index contributed by atoms with van der Waals surface area (Å²) in [7, 11) is -1.11. The van der Waals surface area contributed by atoms with Crippen LogP contribution < -0.4 is 14.2 Å². The minimum Gasteiger partial charge on any atom is -0.479 e. The van der Waals surface area contributed by atoms with E-state index in [1.807, 2.05) is 6.07 Å². The maximum Gasteiger partial charge on any atom is 0.245 e. The molecule has 3 aromatic rings. The van der Waals surface area contributed by atoms with Gasteiger partial charge in [-0.05, 0) is 25.5 Å². The Hall–Kier alpha value is -3.83. The molecule has 36 heavy (non-hydrogen) atoms. The van der Waals surface area contributed by atoms with Crippen LogP contribution in [0.1, 0.15) is 49.2 Å². The van der Waals surface area contributed by atoms with E-state index in [9.17, 15) is 8.42 Å². The van der Waals surface area contributed by atoms with E-state index in [0.29, 0.717) is 36.7 Å². The predicted octanol–water partition coefficient (Wildman–Crippen LogP) is 1.78. The molecule has 1 saturated heterocycles. The molecule has 0 radical (unpaired) electrons. The summed E-state index contributed by atoms with van der Waals surface area (Å²) in [6, 6.07) is 5.25. The average molecular weight is 515 g/mol. The maximum atomic E-state index is 13.5. The molecular weight excluding hydrogens is 488 g/mol. The third kappa shape index (κ3) is 4.79. The van der Waals surface area contributed by atoms with Crippen LogP contribution in [-0.4, -0.2) is 70.8 Å². The van der Waals surface area contributed by atoms with Crippen molar-refractivity contribution < 1.29 is 22.6 Å². The molecule has 1 N–H and O–H groups in total. The Morgan fingerprint density at radius 3 is 2.44 bits per heavy atom. The Morgan fingerprint density at radius 1 is 1.17 bits per heavy atom. The summed E-state index contributed by atoms with van der Waals surface area (Å²) in [6.45, 7) is 4.28. The molecule has 3 atom stereocenters. The highest BCUT2D eigenvalue weighted by molar-refractivity contribution is 7.93. The number of aromatic nitrogens is 6. The molecule has 0 aliphatic carbocycles. The van der Waals surface area contributed by atoms with E-state index < -0.39 is 21.2 Å². The number of rotatable bonds is 9. The Morgan fingerprint density at radius 2 is 1.89 bits per heavy atom. The third-order valence-electron chi connectivity index (χ3n) is 6.16. The largest absolute Gasteiger partial charge is 0.479 e. The fourth-order valence-corrected chi connectivity index (χ4v) is 5.14. The van der Waals surface area contributed by atoms with Gasteiger partial charge in [0.15, 0.2) is 5.69 Å². The number of methoxy groups -OCH3 is 2. The first-order valence-corrected chi connectivity index (χ1v) is 12.7. The normalized spacial score (nSPS) is 17.2. The number of nitrogens with zero attached hydrogens (tertiary/aromatic N) is 7. The second-order valence-corrected chi connectivity index (χ2v) is 10.3. The van der Waals surface area contributed by atoms with E-state index >= 15 is 0 Å². The van der Waals surface area contributed by atoms with E-state index in [2.05, 4.69) is 29.9 Å². The zero-order valence-corrected chi connectivity index (χ0v) is 21.1. The molecule has 1 fully saturated rings. The van der Waals surface area contributed by atoms with Gasteiger partial charge in [-0.3, -0.25) is 14.3 Å². The van der Waals surface area contributed by atoms with Crippen molar-refractivity contribution in [2.24, 2.45) is 0 Å². The van der Waals surface area contributed by atoms with Crippen LogP contribution in [0.4, 0.5) is 5.95 Å². The maximum absolute atomic E-state index is 13.5. The minimum atomic E-state index is -3.99. The van der Waals surface area contributed by atoms with Crippen molar-refractivity contribution in [2.45, 2.75) is 37.4 Å². The van der Waals surface area contributed by atoms with Crippen molar-refractivity contribution in [1.82, 2.24) is 29.7 Å². The molecule has 3 aromatic heterocycles. The molecule has 0 bridgehead atoms. The lowest BCUT2D eigenvalue weighted by molar-refractivity contribution is 0.193. The highest BCUT2D eigenvalue weighted by atomic mass is 32.2. The third-order valence-corrected chi connectivity index (χ3v) is 8.01. The minimum absolute atomic E-state index is 0.0601. The number of hydrogen-bond donors (Lipinski definition) is 1. The van der Waals surface area contributed by atoms with Gasteiger partial charge in [-0.1, -0.05) is 6.92 Å². The number of ether oxygens (including phenoxy) is 3. The fraction of sp³-hybridized carbons (Fsp3) is 0.455. The van der Waals surface area contributed by atoms with Crippen molar-refractivity contribution >= 4 is 16.0 Å². The quantitative estimate of drug-likeness (QED) is 0.442. The van der Waals surface area contributed by atoms with Crippen molar-refractivity contribution in [3.8, 4) is 23.5 Å². The SMILES string of the molecule is COc1ncnc(OC)c1-n1c(NS(=O)(=O)[C@@H](C)[C@H](C)c2ccc(C#N)cn2)nnc1[C@H]1CCOC1. The lowest BCUT2D eigenvalue weighted by atomic mass is 10.0. The van der Waals surface area contributed by atoms with Gasteiger partial charge < -0.3 is 14.2 Å². The van der Waals surface area contributed by atoms with Crippen LogP contribution in [0, 0.1) is 11.3 Å². The second kappa shape index (κ2) is 10.4. The molecule has 1 aliphatic rings. The number of pyridine rings is 1. The van der Waals surface area contributed by atoms with E-state index in [1.165, 1.54) is 31.3 Å². The molecule has 14 heteroatoms. The second-order valence-electron chi connectivity index (χ2n) is 8.24. The summed E-state index contributed by atoms with van der Waals surface area (Å²) >= 11 is 0. The molecule has 0 amide bonds. The standard InChI is InChI=1S/C22H26N8O5S/c1-13(17-6-5-15(9-23)10-24-17)14(2)36(31,32)29-22-28-27-19(16-7-8-35-11-16)30(22)18-20(33-3)25-12-26-21(18)34-4/h5-6,10,12-14,16H,7-8,11H2,1-4H3,(H,28,29)/t13-,14-,16-/m0/s1. The molecule has 0 saturated carbocycles. The van der Waals surface area contributed by atoms with Crippen molar-refractivity contribution in [1.29, 1.82) is 5.26 Å². The summed E-state index contributed by atoms with van der Waals surface area (Å²) in [4.78, 5) is 12.6. The lowest BCUT2D eigenvalue weighted by Crippen LogP contribution is -2.31. The van der Waals surface area contributed by atoms with Gasteiger partial charge in [0, 0.05) is 30.3 Å². The summed E-state index contributed by atoms with van der Waals surface area (Å²) in [6.07, 6.45) is 3.38. The molecule has 4 rings (SSSR count). The zero-order chi connectivity index (χ0) is 25.9. The first-order chi connectivity index (χ1) is 17.3. The molecule has 0 aromatic carbocycles. The Labute approximate surface area is 208 Å². The first kappa shape index (κ1) is 25.3. The smallest absolute Gasteiger partial charge is 0.245 e. The van der Waals surface area contributed by atoms with Gasteiger partial charge in [0.05, 0.1) is 31.6 Å². The molecule has 0 unspecified atom stereocenters. The van der Waals surface area contributed by atoms with Crippen molar-refractivity contribution in [3.05, 3.63) is 41.7 Å². The van der Waals surface area contributed by atoms with E-state index in [4.69, 9.17) is 19.5 Å². The van der Waals surface area contributed by atoms with Gasteiger partial charge in [-0.15, -0.1) is 10.2 Å². The Kier molecular flexibility index (Phi) is 7.32. The number of anilines is 1. The van der Waals surface area contributed by atoms with Gasteiger partial charge in [-0.25, -0.2) is 8.42 Å². The van der Waals surface area contributed by atoms with Crippen LogP contribution in [0.5, 0.6) is 11.8 Å². The van der Waals surface area contributed by atoms with E-state index in [-0.39, 0.29) is 29.3 Å². The first-order valence-electron chi connectivity index (χ1n) is 11.1. The molecular formula is C22H26N8O5S. The van der Waals surface area contributed by atoms with Crippen LogP contribution in [0.2, 0.25) is 0 Å². The monoisotopic (exact) mass is 514 g/mol. The summed E-state index contributed by atoms with van der Waals surface area (Å²) in [5, 5.41) is 16.5. The highest BCUT2D eigenvalue weighted by Crippen LogP contribution is 2.36. The topological polar surface area (TPSA) is 167 Å². The molecule has 4 heterocycles. The van der Waals surface area contributed by atoms with E-state index in [0.717, 1.165) is 0 Å². The predicted molar refractivity (Wildman–Crippen MR) is 128 cm³/mol. The van der Waals surface area contributed by atoms with Gasteiger partial charge in [0.1, 0.15) is 18.2 Å². The van der Waals surface area contributed by atoms with Crippen LogP contribution in [0.25, 0.3) is 5.69 Å². The molecule has 190 valence electrons. The molecule has 13 nitrogen and oxygen atoms in total. The summed E-state index contributed by atoms with van der Waals surface area (Å²) in [5.74, 6) is 0.0974. The van der Waals surface area contributed by atoms with Crippen LogP contribution >= 0.6 is 0 Å². The number of nitrogens with one attached hydrogen (secondary N) is 1. The van der Waals surface area contributed by atoms with Crippen LogP contribution in [0.15, 0.2) is 24.7 Å². The van der Waals surface area contributed by atoms with Crippen LogP contribution in [0.3, 0.4) is 0 Å².